The first-order chi connectivity index (χ1) is 25.7. The first-order valence-corrected chi connectivity index (χ1v) is 17.8. The molecular weight excluding hydrogens is 692 g/mol. The normalized spacial score (nSPS) is 12.7. The molecule has 0 saturated carbocycles. The molecule has 11 nitrogen and oxygen atoms in total. The number of carbonyl (C=O) groups excluding carboxylic acids is 3. The van der Waals surface area contributed by atoms with Crippen molar-refractivity contribution in [1.29, 1.82) is 0 Å². The van der Waals surface area contributed by atoms with Crippen molar-refractivity contribution in [3.8, 4) is 11.5 Å². The van der Waals surface area contributed by atoms with Gasteiger partial charge in [0.1, 0.15) is 44.0 Å². The Kier molecular flexibility index (Phi) is 16.7. The number of aliphatic hydroxyl groups is 3. The molecule has 0 spiro atoms. The lowest BCUT2D eigenvalue weighted by molar-refractivity contribution is -0.141. The maximum absolute atomic E-state index is 12.8. The van der Waals surface area contributed by atoms with Crippen molar-refractivity contribution in [2.24, 2.45) is 0 Å². The van der Waals surface area contributed by atoms with E-state index in [1.54, 1.807) is 31.2 Å². The highest BCUT2D eigenvalue weighted by molar-refractivity contribution is 6.11. The van der Waals surface area contributed by atoms with Gasteiger partial charge in [-0.2, -0.15) is 0 Å². The number of hydrogen-bond donors (Lipinski definition) is 3. The average molecular weight is 745 g/mol. The van der Waals surface area contributed by atoms with E-state index in [4.69, 9.17) is 24.1 Å². The van der Waals surface area contributed by atoms with Crippen molar-refractivity contribution in [3.05, 3.63) is 119 Å². The van der Waals surface area contributed by atoms with E-state index in [2.05, 4.69) is 25.2 Å². The molecule has 0 aliphatic rings. The highest BCUT2D eigenvalue weighted by atomic mass is 16.6. The van der Waals surface area contributed by atoms with Crippen molar-refractivity contribution in [1.82, 2.24) is 0 Å². The SMILES string of the molecule is C=C(C)C(=O)OCC(O)CC.CCC(O)COc1ccc(C(C)(C)c2ccc(OCC(O)COC(=O)c3ccc(C(=O)OC)c4ccccc34)cc2)cc1. The summed E-state index contributed by atoms with van der Waals surface area (Å²) in [6.45, 7) is 13.0. The van der Waals surface area contributed by atoms with Gasteiger partial charge in [0, 0.05) is 11.0 Å². The van der Waals surface area contributed by atoms with Crippen LogP contribution in [0, 0.1) is 0 Å². The number of aliphatic hydroxyl groups excluding tert-OH is 3. The average Bonchev–Trinajstić information content (AvgIpc) is 3.19. The first-order valence-electron chi connectivity index (χ1n) is 17.8. The molecule has 0 amide bonds. The van der Waals surface area contributed by atoms with E-state index in [0.717, 1.165) is 11.1 Å². The highest BCUT2D eigenvalue weighted by Crippen LogP contribution is 2.33. The molecule has 3 atom stereocenters. The van der Waals surface area contributed by atoms with E-state index >= 15 is 0 Å². The van der Waals surface area contributed by atoms with Gasteiger partial charge in [0.05, 0.1) is 30.4 Å². The molecule has 0 saturated heterocycles. The van der Waals surface area contributed by atoms with Crippen LogP contribution in [0.3, 0.4) is 0 Å². The van der Waals surface area contributed by atoms with E-state index in [1.165, 1.54) is 19.2 Å². The maximum atomic E-state index is 12.8. The zero-order chi connectivity index (χ0) is 39.8. The minimum absolute atomic E-state index is 0.0577. The van der Waals surface area contributed by atoms with Gasteiger partial charge in [0.2, 0.25) is 0 Å². The molecule has 0 aliphatic carbocycles. The summed E-state index contributed by atoms with van der Waals surface area (Å²) in [7, 11) is 1.30. The summed E-state index contributed by atoms with van der Waals surface area (Å²) in [6.07, 6.45) is -0.848. The van der Waals surface area contributed by atoms with Crippen LogP contribution in [0.2, 0.25) is 0 Å². The third kappa shape index (κ3) is 12.4. The second kappa shape index (κ2) is 20.9. The minimum Gasteiger partial charge on any atom is -0.491 e. The number of esters is 3. The Balaban J connectivity index is 0.000000618. The smallest absolute Gasteiger partial charge is 0.338 e. The molecule has 11 heteroatoms. The summed E-state index contributed by atoms with van der Waals surface area (Å²) < 4.78 is 26.3. The summed E-state index contributed by atoms with van der Waals surface area (Å²) in [5.74, 6) is -0.268. The molecule has 0 radical (unpaired) electrons. The number of methoxy groups -OCH3 is 1. The van der Waals surface area contributed by atoms with Gasteiger partial charge < -0.3 is 39.0 Å². The molecule has 0 aromatic heterocycles. The lowest BCUT2D eigenvalue weighted by Gasteiger charge is -2.26. The third-order valence-electron chi connectivity index (χ3n) is 8.69. The summed E-state index contributed by atoms with van der Waals surface area (Å²) >= 11 is 0. The number of carbonyl (C=O) groups is 3. The first kappa shape index (κ1) is 43.2. The van der Waals surface area contributed by atoms with Crippen molar-refractivity contribution >= 4 is 28.7 Å². The van der Waals surface area contributed by atoms with Crippen molar-refractivity contribution in [2.45, 2.75) is 71.2 Å². The van der Waals surface area contributed by atoms with Crippen molar-refractivity contribution in [3.63, 3.8) is 0 Å². The van der Waals surface area contributed by atoms with Gasteiger partial charge in [-0.15, -0.1) is 0 Å². The summed E-state index contributed by atoms with van der Waals surface area (Å²) in [5, 5.41) is 30.2. The molecule has 0 fully saturated rings. The molecule has 0 aliphatic heterocycles. The number of fused-ring (bicyclic) bond motifs is 1. The number of rotatable bonds is 17. The van der Waals surface area contributed by atoms with Crippen LogP contribution in [-0.2, 0) is 24.4 Å². The third-order valence-corrected chi connectivity index (χ3v) is 8.69. The fraction of sp³-hybridized carbons (Fsp3) is 0.372. The van der Waals surface area contributed by atoms with Crippen LogP contribution in [0.5, 0.6) is 11.5 Å². The Morgan fingerprint density at radius 3 is 1.50 bits per heavy atom. The number of ether oxygens (including phenoxy) is 5. The summed E-state index contributed by atoms with van der Waals surface area (Å²) in [4.78, 5) is 35.7. The van der Waals surface area contributed by atoms with Crippen LogP contribution < -0.4 is 9.47 Å². The van der Waals surface area contributed by atoms with Crippen LogP contribution in [0.1, 0.15) is 79.3 Å². The number of hydrogen-bond acceptors (Lipinski definition) is 11. The van der Waals surface area contributed by atoms with Gasteiger partial charge in [-0.05, 0) is 78.1 Å². The van der Waals surface area contributed by atoms with Crippen LogP contribution >= 0.6 is 0 Å². The number of benzene rings is 4. The summed E-state index contributed by atoms with van der Waals surface area (Å²) in [5.41, 5.74) is 2.89. The van der Waals surface area contributed by atoms with Gasteiger partial charge >= 0.3 is 17.9 Å². The molecule has 3 N–H and O–H groups in total. The lowest BCUT2D eigenvalue weighted by Crippen LogP contribution is -2.25. The van der Waals surface area contributed by atoms with Crippen LogP contribution in [0.25, 0.3) is 10.8 Å². The fourth-order valence-corrected chi connectivity index (χ4v) is 5.08. The molecule has 0 bridgehead atoms. The molecular formula is C43H52O11. The van der Waals surface area contributed by atoms with Crippen LogP contribution in [0.4, 0.5) is 0 Å². The monoisotopic (exact) mass is 744 g/mol. The Morgan fingerprint density at radius 2 is 1.06 bits per heavy atom. The second-order valence-electron chi connectivity index (χ2n) is 13.2. The molecule has 4 rings (SSSR count). The van der Waals surface area contributed by atoms with Crippen molar-refractivity contribution < 1.29 is 53.4 Å². The topological polar surface area (TPSA) is 158 Å². The van der Waals surface area contributed by atoms with Gasteiger partial charge in [0.25, 0.3) is 0 Å². The molecule has 3 unspecified atom stereocenters. The standard InChI is InChI=1S/C35H38O8.C8H14O3/c1-5-25(36)20-41-27-14-10-23(11-15-27)35(2,3)24-12-16-28(17-13-24)42-21-26(37)22-43-34(39)32-19-18-31(33(38)40-4)29-8-6-7-9-30(29)32;1-4-7(9)5-11-8(10)6(2)3/h6-19,25-26,36-37H,5,20-22H2,1-4H3;7,9H,2,4-5H2,1,3H3. The Labute approximate surface area is 317 Å². The fourth-order valence-electron chi connectivity index (χ4n) is 5.08. The Bertz CT molecular complexity index is 1830. The highest BCUT2D eigenvalue weighted by Gasteiger charge is 2.24. The van der Waals surface area contributed by atoms with E-state index in [9.17, 15) is 24.6 Å². The predicted octanol–water partition coefficient (Wildman–Crippen LogP) is 6.58. The summed E-state index contributed by atoms with van der Waals surface area (Å²) in [6, 6.07) is 25.5. The second-order valence-corrected chi connectivity index (χ2v) is 13.2. The van der Waals surface area contributed by atoms with Gasteiger partial charge in [-0.3, -0.25) is 0 Å². The van der Waals surface area contributed by atoms with Gasteiger partial charge in [-0.1, -0.05) is 82.8 Å². The van der Waals surface area contributed by atoms with Crippen molar-refractivity contribution in [2.75, 3.05) is 33.5 Å². The Hall–Kier alpha value is -5.23. The van der Waals surface area contributed by atoms with E-state index in [-0.39, 0.29) is 37.4 Å². The molecule has 54 heavy (non-hydrogen) atoms. The van der Waals surface area contributed by atoms with E-state index < -0.39 is 36.2 Å². The van der Waals surface area contributed by atoms with Crippen LogP contribution in [-0.4, -0.2) is 85.1 Å². The van der Waals surface area contributed by atoms with Crippen LogP contribution in [0.15, 0.2) is 97.1 Å². The zero-order valence-corrected chi connectivity index (χ0v) is 31.9. The molecule has 4 aromatic carbocycles. The molecule has 0 heterocycles. The van der Waals surface area contributed by atoms with E-state index in [1.807, 2.05) is 62.4 Å². The van der Waals surface area contributed by atoms with E-state index in [0.29, 0.717) is 46.2 Å². The predicted molar refractivity (Wildman–Crippen MR) is 206 cm³/mol. The maximum Gasteiger partial charge on any atom is 0.338 e. The molecule has 4 aromatic rings. The Morgan fingerprint density at radius 1 is 0.630 bits per heavy atom. The van der Waals surface area contributed by atoms with Gasteiger partial charge in [-0.25, -0.2) is 14.4 Å². The minimum atomic E-state index is -1.04. The largest absolute Gasteiger partial charge is 0.491 e. The van der Waals surface area contributed by atoms with Gasteiger partial charge in [0.15, 0.2) is 0 Å². The lowest BCUT2D eigenvalue weighted by atomic mass is 9.78. The molecule has 290 valence electrons. The quantitative estimate of drug-likeness (QED) is 0.0610. The zero-order valence-electron chi connectivity index (χ0n) is 31.9.